The van der Waals surface area contributed by atoms with E-state index in [0.717, 1.165) is 12.8 Å². The van der Waals surface area contributed by atoms with E-state index in [2.05, 4.69) is 36.5 Å². The lowest BCUT2D eigenvalue weighted by Crippen LogP contribution is -2.42. The highest BCUT2D eigenvalue weighted by atomic mass is 16.5. The molecule has 0 bridgehead atoms. The van der Waals surface area contributed by atoms with Crippen LogP contribution in [0.3, 0.4) is 0 Å². The minimum atomic E-state index is -0.821. The van der Waals surface area contributed by atoms with Crippen LogP contribution in [0.2, 0.25) is 0 Å². The highest BCUT2D eigenvalue weighted by Gasteiger charge is 2.36. The van der Waals surface area contributed by atoms with Crippen molar-refractivity contribution >= 4 is 12.1 Å². The molecule has 0 aliphatic heterocycles. The molecular weight excluding hydrogens is 354 g/mol. The number of carboxylic acids is 1. The topological polar surface area (TPSA) is 75.6 Å². The predicted molar refractivity (Wildman–Crippen MR) is 106 cm³/mol. The fourth-order valence-electron chi connectivity index (χ4n) is 4.79. The van der Waals surface area contributed by atoms with E-state index >= 15 is 0 Å². The van der Waals surface area contributed by atoms with Crippen LogP contribution in [-0.4, -0.2) is 29.8 Å². The first-order chi connectivity index (χ1) is 13.5. The molecule has 2 aliphatic rings. The zero-order valence-electron chi connectivity index (χ0n) is 15.9. The lowest BCUT2D eigenvalue weighted by atomic mass is 9.96. The van der Waals surface area contributed by atoms with Gasteiger partial charge in [-0.05, 0) is 46.9 Å². The molecule has 0 heterocycles. The number of carbonyl (C=O) groups excluding carboxylic acids is 1. The Balaban J connectivity index is 1.43. The van der Waals surface area contributed by atoms with Crippen LogP contribution in [0.5, 0.6) is 0 Å². The monoisotopic (exact) mass is 379 g/mol. The maximum absolute atomic E-state index is 12.5. The lowest BCUT2D eigenvalue weighted by molar-refractivity contribution is -0.138. The Morgan fingerprint density at radius 3 is 2.25 bits per heavy atom. The van der Waals surface area contributed by atoms with E-state index in [1.54, 1.807) is 0 Å². The van der Waals surface area contributed by atoms with Gasteiger partial charge in [0.05, 0.1) is 6.42 Å². The van der Waals surface area contributed by atoms with Crippen LogP contribution in [0.15, 0.2) is 48.5 Å². The minimum Gasteiger partial charge on any atom is -0.481 e. The standard InChI is InChI=1S/C23H25NO4/c1-14-10-11-15(12-21(25)26)22(14)24-23(27)28-13-20-18-8-4-2-6-16(18)17-7-3-5-9-19(17)20/h2-9,14-15,20,22H,10-13H2,1H3,(H,24,27)(H,25,26)/t14-,15-,22+/m0/s1. The van der Waals surface area contributed by atoms with Gasteiger partial charge >= 0.3 is 12.1 Å². The Morgan fingerprint density at radius 2 is 1.64 bits per heavy atom. The SMILES string of the molecule is C[C@H]1CC[C@@H](CC(=O)O)[C@@H]1NC(=O)OCC1c2ccccc2-c2ccccc21. The van der Waals surface area contributed by atoms with Gasteiger partial charge in [-0.1, -0.05) is 55.5 Å². The summed E-state index contributed by atoms with van der Waals surface area (Å²) in [6.07, 6.45) is 1.36. The molecule has 5 heteroatoms. The van der Waals surface area contributed by atoms with Crippen molar-refractivity contribution in [3.05, 3.63) is 59.7 Å². The van der Waals surface area contributed by atoms with Gasteiger partial charge in [0.15, 0.2) is 0 Å². The van der Waals surface area contributed by atoms with Gasteiger partial charge in [-0.25, -0.2) is 4.79 Å². The van der Waals surface area contributed by atoms with Crippen LogP contribution >= 0.6 is 0 Å². The van der Waals surface area contributed by atoms with Crippen molar-refractivity contribution in [2.75, 3.05) is 6.61 Å². The van der Waals surface area contributed by atoms with Gasteiger partial charge in [0.25, 0.3) is 0 Å². The molecule has 2 aliphatic carbocycles. The summed E-state index contributed by atoms with van der Waals surface area (Å²) in [6, 6.07) is 16.3. The second-order valence-corrected chi connectivity index (χ2v) is 7.91. The van der Waals surface area contributed by atoms with Crippen molar-refractivity contribution < 1.29 is 19.4 Å². The highest BCUT2D eigenvalue weighted by molar-refractivity contribution is 5.79. The molecule has 1 amide bonds. The van der Waals surface area contributed by atoms with Crippen molar-refractivity contribution in [3.8, 4) is 11.1 Å². The van der Waals surface area contributed by atoms with Gasteiger partial charge in [-0.3, -0.25) is 4.79 Å². The summed E-state index contributed by atoms with van der Waals surface area (Å²) >= 11 is 0. The molecule has 1 saturated carbocycles. The zero-order chi connectivity index (χ0) is 19.7. The number of hydrogen-bond donors (Lipinski definition) is 2. The lowest BCUT2D eigenvalue weighted by Gasteiger charge is -2.23. The molecule has 5 nitrogen and oxygen atoms in total. The largest absolute Gasteiger partial charge is 0.481 e. The van der Waals surface area contributed by atoms with Crippen LogP contribution in [-0.2, 0) is 9.53 Å². The number of fused-ring (bicyclic) bond motifs is 3. The predicted octanol–water partition coefficient (Wildman–Crippen LogP) is 4.41. The minimum absolute atomic E-state index is 0.0222. The average molecular weight is 379 g/mol. The number of amides is 1. The Morgan fingerprint density at radius 1 is 1.04 bits per heavy atom. The van der Waals surface area contributed by atoms with E-state index in [-0.39, 0.29) is 36.8 Å². The van der Waals surface area contributed by atoms with E-state index in [0.29, 0.717) is 0 Å². The number of nitrogens with one attached hydrogen (secondary N) is 1. The average Bonchev–Trinajstić information content (AvgIpc) is 3.18. The van der Waals surface area contributed by atoms with E-state index in [1.807, 2.05) is 24.3 Å². The van der Waals surface area contributed by atoms with Crippen molar-refractivity contribution in [2.45, 2.75) is 38.1 Å². The summed E-state index contributed by atoms with van der Waals surface area (Å²) in [4.78, 5) is 23.6. The van der Waals surface area contributed by atoms with Crippen molar-refractivity contribution in [2.24, 2.45) is 11.8 Å². The normalized spacial score (nSPS) is 23.1. The Bertz CT molecular complexity index is 848. The molecule has 2 N–H and O–H groups in total. The third kappa shape index (κ3) is 3.49. The Kier molecular flexibility index (Phi) is 5.07. The molecule has 28 heavy (non-hydrogen) atoms. The summed E-state index contributed by atoms with van der Waals surface area (Å²) in [5.74, 6) is -0.578. The second kappa shape index (κ2) is 7.66. The van der Waals surface area contributed by atoms with Gasteiger partial charge in [0.1, 0.15) is 6.61 Å². The molecule has 0 aromatic heterocycles. The molecule has 0 saturated heterocycles. The zero-order valence-corrected chi connectivity index (χ0v) is 15.9. The summed E-state index contributed by atoms with van der Waals surface area (Å²) in [6.45, 7) is 2.32. The van der Waals surface area contributed by atoms with E-state index < -0.39 is 12.1 Å². The quantitative estimate of drug-likeness (QED) is 0.807. The van der Waals surface area contributed by atoms with E-state index in [1.165, 1.54) is 22.3 Å². The van der Waals surface area contributed by atoms with Gasteiger partial charge < -0.3 is 15.2 Å². The van der Waals surface area contributed by atoms with Crippen molar-refractivity contribution in [3.63, 3.8) is 0 Å². The molecule has 146 valence electrons. The first kappa shape index (κ1) is 18.5. The molecule has 0 radical (unpaired) electrons. The molecule has 0 unspecified atom stereocenters. The van der Waals surface area contributed by atoms with E-state index in [4.69, 9.17) is 9.84 Å². The number of hydrogen-bond acceptors (Lipinski definition) is 3. The number of rotatable bonds is 5. The second-order valence-electron chi connectivity index (χ2n) is 7.91. The summed E-state index contributed by atoms with van der Waals surface area (Å²) in [7, 11) is 0. The maximum atomic E-state index is 12.5. The summed E-state index contributed by atoms with van der Waals surface area (Å²) < 4.78 is 5.61. The number of ether oxygens (including phenoxy) is 1. The van der Waals surface area contributed by atoms with Crippen LogP contribution < -0.4 is 5.32 Å². The van der Waals surface area contributed by atoms with Gasteiger partial charge in [-0.15, -0.1) is 0 Å². The fraction of sp³-hybridized carbons (Fsp3) is 0.391. The molecule has 1 fully saturated rings. The Hall–Kier alpha value is -2.82. The number of aliphatic carboxylic acids is 1. The molecule has 4 rings (SSSR count). The number of benzene rings is 2. The maximum Gasteiger partial charge on any atom is 0.407 e. The molecule has 0 spiro atoms. The molecular formula is C23H25NO4. The fourth-order valence-corrected chi connectivity index (χ4v) is 4.79. The number of carbonyl (C=O) groups is 2. The molecule has 2 aromatic rings. The third-order valence-electron chi connectivity index (χ3n) is 6.18. The highest BCUT2D eigenvalue weighted by Crippen LogP contribution is 2.44. The molecule has 3 atom stereocenters. The van der Waals surface area contributed by atoms with Crippen LogP contribution in [0.1, 0.15) is 43.2 Å². The van der Waals surface area contributed by atoms with Gasteiger partial charge in [0.2, 0.25) is 0 Å². The first-order valence-corrected chi connectivity index (χ1v) is 9.88. The first-order valence-electron chi connectivity index (χ1n) is 9.88. The van der Waals surface area contributed by atoms with Gasteiger partial charge in [0, 0.05) is 12.0 Å². The summed E-state index contributed by atoms with van der Waals surface area (Å²) in [5.41, 5.74) is 4.74. The molecule has 2 aromatic carbocycles. The number of carboxylic acid groups (broad SMARTS) is 1. The van der Waals surface area contributed by atoms with Crippen molar-refractivity contribution in [1.82, 2.24) is 5.32 Å². The van der Waals surface area contributed by atoms with Crippen LogP contribution in [0.4, 0.5) is 4.79 Å². The third-order valence-corrected chi connectivity index (χ3v) is 6.18. The van der Waals surface area contributed by atoms with Gasteiger partial charge in [-0.2, -0.15) is 0 Å². The van der Waals surface area contributed by atoms with E-state index in [9.17, 15) is 9.59 Å². The smallest absolute Gasteiger partial charge is 0.407 e. The summed E-state index contributed by atoms with van der Waals surface area (Å²) in [5, 5.41) is 12.0. The van der Waals surface area contributed by atoms with Crippen LogP contribution in [0.25, 0.3) is 11.1 Å². The van der Waals surface area contributed by atoms with Crippen molar-refractivity contribution in [1.29, 1.82) is 0 Å². The van der Waals surface area contributed by atoms with Crippen LogP contribution in [0, 0.1) is 11.8 Å². The number of alkyl carbamates (subject to hydrolysis) is 1. The Labute approximate surface area is 164 Å².